The van der Waals surface area contributed by atoms with Gasteiger partial charge in [-0.15, -0.1) is 0 Å². The third kappa shape index (κ3) is 4.67. The molecule has 19 heavy (non-hydrogen) atoms. The zero-order valence-corrected chi connectivity index (χ0v) is 13.3. The molecular weight excluding hydrogens is 332 g/mol. The van der Waals surface area contributed by atoms with Crippen LogP contribution in [0.3, 0.4) is 0 Å². The number of benzene rings is 1. The Morgan fingerprint density at radius 2 is 2.21 bits per heavy atom. The van der Waals surface area contributed by atoms with Crippen molar-refractivity contribution in [3.05, 3.63) is 21.6 Å². The fourth-order valence-corrected chi connectivity index (χ4v) is 2.54. The number of hydrogen-bond donors (Lipinski definition) is 2. The van der Waals surface area contributed by atoms with E-state index in [-0.39, 0.29) is 5.91 Å². The van der Waals surface area contributed by atoms with Crippen molar-refractivity contribution in [2.24, 2.45) is 5.73 Å². The largest absolute Gasteiger partial charge is 0.491 e. The molecule has 106 valence electrons. The van der Waals surface area contributed by atoms with Gasteiger partial charge in [0, 0.05) is 5.02 Å². The fraction of sp³-hybridized carbons (Fsp3) is 0.462. The molecule has 6 heteroatoms. The zero-order chi connectivity index (χ0) is 14.4. The predicted octanol–water partition coefficient (Wildman–Crippen LogP) is 3.57. The molecule has 1 aromatic rings. The Morgan fingerprint density at radius 1 is 1.53 bits per heavy atom. The molecule has 0 radical (unpaired) electrons. The van der Waals surface area contributed by atoms with Crippen molar-refractivity contribution in [3.63, 3.8) is 0 Å². The minimum atomic E-state index is -0.530. The molecule has 0 fully saturated rings. The van der Waals surface area contributed by atoms with Gasteiger partial charge in [0.25, 0.3) is 0 Å². The predicted molar refractivity (Wildman–Crippen MR) is 81.8 cm³/mol. The highest BCUT2D eigenvalue weighted by molar-refractivity contribution is 9.10. The molecule has 1 aromatic carbocycles. The summed E-state index contributed by atoms with van der Waals surface area (Å²) in [7, 11) is 0. The molecule has 0 bridgehead atoms. The molecule has 0 aliphatic rings. The number of halogens is 2. The van der Waals surface area contributed by atoms with E-state index in [4.69, 9.17) is 22.1 Å². The minimum Gasteiger partial charge on any atom is -0.491 e. The number of nitrogens with two attached hydrogens (primary N) is 1. The van der Waals surface area contributed by atoms with Crippen molar-refractivity contribution in [1.29, 1.82) is 0 Å². The molecular formula is C13H18BrClN2O2. The minimum absolute atomic E-state index is 0.239. The van der Waals surface area contributed by atoms with Gasteiger partial charge in [-0.3, -0.25) is 4.79 Å². The fourth-order valence-electron chi connectivity index (χ4n) is 1.61. The summed E-state index contributed by atoms with van der Waals surface area (Å²) in [4.78, 5) is 11.9. The molecule has 1 rings (SSSR count). The van der Waals surface area contributed by atoms with E-state index in [1.807, 2.05) is 13.8 Å². The molecule has 0 saturated carbocycles. The van der Waals surface area contributed by atoms with E-state index in [2.05, 4.69) is 21.2 Å². The number of rotatable bonds is 6. The standard InChI is InChI=1S/C13H18BrClN2O2/c1-3-5-10(16)13(18)17-11-7-8(15)6-9(14)12(11)19-4-2/h6-7,10H,3-5,16H2,1-2H3,(H,17,18)/t10-/m1/s1. The Morgan fingerprint density at radius 3 is 2.79 bits per heavy atom. The van der Waals surface area contributed by atoms with Crippen LogP contribution in [-0.4, -0.2) is 18.6 Å². The molecule has 0 heterocycles. The number of nitrogens with one attached hydrogen (secondary N) is 1. The number of ether oxygens (including phenoxy) is 1. The van der Waals surface area contributed by atoms with Gasteiger partial charge in [0.05, 0.1) is 22.8 Å². The first-order valence-electron chi connectivity index (χ1n) is 6.17. The number of amides is 1. The third-order valence-corrected chi connectivity index (χ3v) is 3.30. The summed E-state index contributed by atoms with van der Waals surface area (Å²) >= 11 is 9.34. The number of anilines is 1. The Bertz CT molecular complexity index is 455. The van der Waals surface area contributed by atoms with Gasteiger partial charge in [-0.25, -0.2) is 0 Å². The lowest BCUT2D eigenvalue weighted by Gasteiger charge is -2.16. The number of carbonyl (C=O) groups excluding carboxylic acids is 1. The van der Waals surface area contributed by atoms with Gasteiger partial charge in [-0.2, -0.15) is 0 Å². The van der Waals surface area contributed by atoms with Crippen molar-refractivity contribution >= 4 is 39.1 Å². The first-order valence-corrected chi connectivity index (χ1v) is 7.35. The van der Waals surface area contributed by atoms with Crippen LogP contribution in [0.2, 0.25) is 5.02 Å². The van der Waals surface area contributed by atoms with Gasteiger partial charge >= 0.3 is 0 Å². The van der Waals surface area contributed by atoms with Gasteiger partial charge in [-0.05, 0) is 41.4 Å². The normalized spacial score (nSPS) is 12.1. The van der Waals surface area contributed by atoms with Crippen molar-refractivity contribution in [2.45, 2.75) is 32.7 Å². The van der Waals surface area contributed by atoms with Crippen LogP contribution < -0.4 is 15.8 Å². The first kappa shape index (κ1) is 16.3. The van der Waals surface area contributed by atoms with E-state index in [0.29, 0.717) is 34.0 Å². The van der Waals surface area contributed by atoms with Crippen LogP contribution in [0.5, 0.6) is 5.75 Å². The van der Waals surface area contributed by atoms with E-state index in [0.717, 1.165) is 6.42 Å². The van der Waals surface area contributed by atoms with Gasteiger partial charge in [-0.1, -0.05) is 24.9 Å². The lowest BCUT2D eigenvalue weighted by Crippen LogP contribution is -2.35. The van der Waals surface area contributed by atoms with Crippen LogP contribution in [0.4, 0.5) is 5.69 Å². The highest BCUT2D eigenvalue weighted by atomic mass is 79.9. The molecule has 0 spiro atoms. The van der Waals surface area contributed by atoms with Gasteiger partial charge in [0.1, 0.15) is 0 Å². The van der Waals surface area contributed by atoms with Crippen LogP contribution in [-0.2, 0) is 4.79 Å². The smallest absolute Gasteiger partial charge is 0.241 e. The average Bonchev–Trinajstić information content (AvgIpc) is 2.33. The molecule has 0 aliphatic heterocycles. The highest BCUT2D eigenvalue weighted by Gasteiger charge is 2.17. The van der Waals surface area contributed by atoms with E-state index in [1.54, 1.807) is 12.1 Å². The highest BCUT2D eigenvalue weighted by Crippen LogP contribution is 2.36. The molecule has 0 aromatic heterocycles. The summed E-state index contributed by atoms with van der Waals surface area (Å²) in [5.41, 5.74) is 6.30. The quantitative estimate of drug-likeness (QED) is 0.825. The summed E-state index contributed by atoms with van der Waals surface area (Å²) in [5.74, 6) is 0.320. The second kappa shape index (κ2) is 7.72. The summed E-state index contributed by atoms with van der Waals surface area (Å²) in [6.07, 6.45) is 1.49. The average molecular weight is 350 g/mol. The van der Waals surface area contributed by atoms with Crippen LogP contribution >= 0.6 is 27.5 Å². The number of hydrogen-bond acceptors (Lipinski definition) is 3. The zero-order valence-electron chi connectivity index (χ0n) is 11.0. The lowest BCUT2D eigenvalue weighted by molar-refractivity contribution is -0.117. The topological polar surface area (TPSA) is 64.4 Å². The van der Waals surface area contributed by atoms with Gasteiger partial charge < -0.3 is 15.8 Å². The second-order valence-corrected chi connectivity index (χ2v) is 5.37. The van der Waals surface area contributed by atoms with E-state index in [9.17, 15) is 4.79 Å². The second-order valence-electron chi connectivity index (χ2n) is 4.08. The number of carbonyl (C=O) groups is 1. The Kier molecular flexibility index (Phi) is 6.62. The summed E-state index contributed by atoms with van der Waals surface area (Å²) in [6.45, 7) is 4.34. The molecule has 0 unspecified atom stereocenters. The molecule has 4 nitrogen and oxygen atoms in total. The summed E-state index contributed by atoms with van der Waals surface area (Å²) < 4.78 is 6.20. The Labute approximate surface area is 126 Å². The van der Waals surface area contributed by atoms with Crippen molar-refractivity contribution in [1.82, 2.24) is 0 Å². The Hall–Kier alpha value is -0.780. The van der Waals surface area contributed by atoms with Crippen molar-refractivity contribution in [2.75, 3.05) is 11.9 Å². The van der Waals surface area contributed by atoms with Crippen molar-refractivity contribution in [3.8, 4) is 5.75 Å². The maximum Gasteiger partial charge on any atom is 0.241 e. The first-order chi connectivity index (χ1) is 8.99. The van der Waals surface area contributed by atoms with Crippen molar-refractivity contribution < 1.29 is 9.53 Å². The molecule has 0 saturated heterocycles. The third-order valence-electron chi connectivity index (χ3n) is 2.49. The summed E-state index contributed by atoms with van der Waals surface area (Å²) in [5, 5.41) is 3.27. The maximum atomic E-state index is 11.9. The van der Waals surface area contributed by atoms with E-state index < -0.39 is 6.04 Å². The van der Waals surface area contributed by atoms with Crippen LogP contribution in [0.1, 0.15) is 26.7 Å². The molecule has 0 aliphatic carbocycles. The SMILES string of the molecule is CCC[C@@H](N)C(=O)Nc1cc(Cl)cc(Br)c1OCC. The van der Waals surface area contributed by atoms with Crippen LogP contribution in [0.15, 0.2) is 16.6 Å². The lowest BCUT2D eigenvalue weighted by atomic mass is 10.1. The van der Waals surface area contributed by atoms with E-state index >= 15 is 0 Å². The monoisotopic (exact) mass is 348 g/mol. The van der Waals surface area contributed by atoms with Gasteiger partial charge in [0.15, 0.2) is 5.75 Å². The van der Waals surface area contributed by atoms with Crippen LogP contribution in [0.25, 0.3) is 0 Å². The molecule has 1 amide bonds. The summed E-state index contributed by atoms with van der Waals surface area (Å²) in [6, 6.07) is 2.83. The molecule has 3 N–H and O–H groups in total. The van der Waals surface area contributed by atoms with E-state index in [1.165, 1.54) is 0 Å². The maximum absolute atomic E-state index is 11.9. The molecule has 1 atom stereocenters. The Balaban J connectivity index is 2.95. The van der Waals surface area contributed by atoms with Gasteiger partial charge in [0.2, 0.25) is 5.91 Å². The van der Waals surface area contributed by atoms with Crippen LogP contribution in [0, 0.1) is 0 Å².